The average molecular weight is 377 g/mol. The number of benzene rings is 2. The lowest BCUT2D eigenvalue weighted by atomic mass is 10.1. The van der Waals surface area contributed by atoms with Gasteiger partial charge in [-0.05, 0) is 49.2 Å². The Hall–Kier alpha value is -2.53. The highest BCUT2D eigenvalue weighted by Gasteiger charge is 2.20. The lowest BCUT2D eigenvalue weighted by molar-refractivity contribution is -0.146. The van der Waals surface area contributed by atoms with Gasteiger partial charge >= 0.3 is 5.97 Å². The molecule has 0 radical (unpaired) electrons. The molecule has 2 aromatic carbocycles. The van der Waals surface area contributed by atoms with Crippen LogP contribution in [0.1, 0.15) is 29.3 Å². The van der Waals surface area contributed by atoms with Gasteiger partial charge in [-0.15, -0.1) is 0 Å². The van der Waals surface area contributed by atoms with Gasteiger partial charge in [-0.2, -0.15) is 0 Å². The first-order valence-electron chi connectivity index (χ1n) is 8.15. The smallest absolute Gasteiger partial charge is 0.306 e. The summed E-state index contributed by atoms with van der Waals surface area (Å²) in [5.41, 5.74) is 1.28. The molecule has 2 rings (SSSR count). The van der Waals surface area contributed by atoms with Crippen molar-refractivity contribution in [2.24, 2.45) is 0 Å². The standard InChI is InChI=1S/C20H21ClO5/c1-13(19(23)14-7-10-16(21)11-8-14)26-18(22)12-9-15-5-4-6-17(24-2)20(15)25-3/h4-8,10-11,13H,9,12H2,1-3H3. The zero-order chi connectivity index (χ0) is 19.1. The maximum Gasteiger partial charge on any atom is 0.306 e. The number of carbonyl (C=O) groups is 2. The number of halogens is 1. The summed E-state index contributed by atoms with van der Waals surface area (Å²) in [5, 5.41) is 0.540. The zero-order valence-electron chi connectivity index (χ0n) is 15.0. The Morgan fingerprint density at radius 1 is 1.04 bits per heavy atom. The number of rotatable bonds is 8. The average Bonchev–Trinajstić information content (AvgIpc) is 2.65. The minimum absolute atomic E-state index is 0.127. The third-order valence-electron chi connectivity index (χ3n) is 3.89. The molecule has 0 bridgehead atoms. The molecule has 0 N–H and O–H groups in total. The normalized spacial score (nSPS) is 11.5. The molecule has 138 valence electrons. The molecule has 6 heteroatoms. The van der Waals surface area contributed by atoms with Crippen LogP contribution in [-0.2, 0) is 16.0 Å². The quantitative estimate of drug-likeness (QED) is 0.512. The molecule has 0 aliphatic rings. The minimum Gasteiger partial charge on any atom is -0.493 e. The van der Waals surface area contributed by atoms with Gasteiger partial charge in [0.2, 0.25) is 5.78 Å². The molecule has 5 nitrogen and oxygen atoms in total. The van der Waals surface area contributed by atoms with E-state index in [4.69, 9.17) is 25.8 Å². The molecule has 0 heterocycles. The van der Waals surface area contributed by atoms with Crippen molar-refractivity contribution in [3.8, 4) is 11.5 Å². The minimum atomic E-state index is -0.865. The van der Waals surface area contributed by atoms with E-state index in [1.165, 1.54) is 0 Å². The molecule has 0 aromatic heterocycles. The summed E-state index contributed by atoms with van der Waals surface area (Å²) in [7, 11) is 3.10. The molecule has 1 unspecified atom stereocenters. The first-order valence-corrected chi connectivity index (χ1v) is 8.53. The van der Waals surface area contributed by atoms with Gasteiger partial charge < -0.3 is 14.2 Å². The van der Waals surface area contributed by atoms with E-state index >= 15 is 0 Å². The predicted molar refractivity (Wildman–Crippen MR) is 99.2 cm³/mol. The number of esters is 1. The molecular formula is C20H21ClO5. The Kier molecular flexibility index (Phi) is 7.04. The Morgan fingerprint density at radius 3 is 2.35 bits per heavy atom. The van der Waals surface area contributed by atoms with E-state index in [0.29, 0.717) is 28.5 Å². The number of carbonyl (C=O) groups excluding carboxylic acids is 2. The lowest BCUT2D eigenvalue weighted by Crippen LogP contribution is -2.24. The number of hydrogen-bond donors (Lipinski definition) is 0. The van der Waals surface area contributed by atoms with Crippen molar-refractivity contribution in [3.63, 3.8) is 0 Å². The van der Waals surface area contributed by atoms with E-state index in [2.05, 4.69) is 0 Å². The molecule has 0 aliphatic heterocycles. The third kappa shape index (κ3) is 4.99. The second kappa shape index (κ2) is 9.25. The van der Waals surface area contributed by atoms with Gasteiger partial charge in [0.1, 0.15) is 0 Å². The third-order valence-corrected chi connectivity index (χ3v) is 4.14. The van der Waals surface area contributed by atoms with Crippen LogP contribution >= 0.6 is 11.6 Å². The number of ether oxygens (including phenoxy) is 3. The van der Waals surface area contributed by atoms with Crippen LogP contribution < -0.4 is 9.47 Å². The Labute approximate surface area is 157 Å². The molecular weight excluding hydrogens is 356 g/mol. The van der Waals surface area contributed by atoms with E-state index in [1.807, 2.05) is 12.1 Å². The largest absolute Gasteiger partial charge is 0.493 e. The van der Waals surface area contributed by atoms with Crippen molar-refractivity contribution in [1.82, 2.24) is 0 Å². The van der Waals surface area contributed by atoms with E-state index in [-0.39, 0.29) is 12.2 Å². The summed E-state index contributed by atoms with van der Waals surface area (Å²) in [5.74, 6) is 0.469. The van der Waals surface area contributed by atoms with Crippen molar-refractivity contribution >= 4 is 23.4 Å². The van der Waals surface area contributed by atoms with Crippen molar-refractivity contribution in [2.45, 2.75) is 25.9 Å². The highest BCUT2D eigenvalue weighted by molar-refractivity contribution is 6.30. The van der Waals surface area contributed by atoms with E-state index < -0.39 is 12.1 Å². The van der Waals surface area contributed by atoms with Crippen LogP contribution in [0.5, 0.6) is 11.5 Å². The van der Waals surface area contributed by atoms with Crippen molar-refractivity contribution in [2.75, 3.05) is 14.2 Å². The topological polar surface area (TPSA) is 61.8 Å². The fraction of sp³-hybridized carbons (Fsp3) is 0.300. The molecule has 1 atom stereocenters. The van der Waals surface area contributed by atoms with Gasteiger partial charge in [0.05, 0.1) is 14.2 Å². The number of methoxy groups -OCH3 is 2. The molecule has 0 saturated carbocycles. The molecule has 0 spiro atoms. The monoisotopic (exact) mass is 376 g/mol. The first-order chi connectivity index (χ1) is 12.5. The van der Waals surface area contributed by atoms with Crippen LogP contribution in [0.4, 0.5) is 0 Å². The number of para-hydroxylation sites is 1. The molecule has 0 saturated heterocycles. The maximum absolute atomic E-state index is 12.3. The van der Waals surface area contributed by atoms with Crippen molar-refractivity contribution in [1.29, 1.82) is 0 Å². The Morgan fingerprint density at radius 2 is 1.73 bits per heavy atom. The van der Waals surface area contributed by atoms with Gasteiger partial charge in [-0.25, -0.2) is 0 Å². The van der Waals surface area contributed by atoms with Crippen LogP contribution in [0.3, 0.4) is 0 Å². The fourth-order valence-corrected chi connectivity index (χ4v) is 2.67. The number of aryl methyl sites for hydroxylation is 1. The van der Waals surface area contributed by atoms with Gasteiger partial charge in [-0.1, -0.05) is 23.7 Å². The van der Waals surface area contributed by atoms with Crippen molar-refractivity contribution in [3.05, 3.63) is 58.6 Å². The maximum atomic E-state index is 12.3. The van der Waals surface area contributed by atoms with Crippen molar-refractivity contribution < 1.29 is 23.8 Å². The lowest BCUT2D eigenvalue weighted by Gasteiger charge is -2.14. The fourth-order valence-electron chi connectivity index (χ4n) is 2.55. The molecule has 2 aromatic rings. The van der Waals surface area contributed by atoms with Crippen LogP contribution in [0.2, 0.25) is 5.02 Å². The summed E-state index contributed by atoms with van der Waals surface area (Å²) in [6.07, 6.45) is -0.320. The van der Waals surface area contributed by atoms with Crippen LogP contribution in [-0.4, -0.2) is 32.1 Å². The van der Waals surface area contributed by atoms with Crippen LogP contribution in [0.15, 0.2) is 42.5 Å². The molecule has 0 aliphatic carbocycles. The number of hydrogen-bond acceptors (Lipinski definition) is 5. The zero-order valence-corrected chi connectivity index (χ0v) is 15.7. The highest BCUT2D eigenvalue weighted by atomic mass is 35.5. The van der Waals surface area contributed by atoms with Gasteiger partial charge in [0.25, 0.3) is 0 Å². The second-order valence-electron chi connectivity index (χ2n) is 5.66. The first kappa shape index (κ1) is 19.8. The van der Waals surface area contributed by atoms with Gasteiger partial charge in [-0.3, -0.25) is 9.59 Å². The summed E-state index contributed by atoms with van der Waals surface area (Å²) >= 11 is 5.81. The molecule has 0 fully saturated rings. The van der Waals surface area contributed by atoms with E-state index in [9.17, 15) is 9.59 Å². The summed E-state index contributed by atoms with van der Waals surface area (Å²) in [6, 6.07) is 11.9. The Bertz CT molecular complexity index is 770. The van der Waals surface area contributed by atoms with Gasteiger partial charge in [0, 0.05) is 17.0 Å². The van der Waals surface area contributed by atoms with Gasteiger partial charge in [0.15, 0.2) is 17.6 Å². The van der Waals surface area contributed by atoms with E-state index in [0.717, 1.165) is 5.56 Å². The summed E-state index contributed by atoms with van der Waals surface area (Å²) < 4.78 is 15.8. The molecule has 26 heavy (non-hydrogen) atoms. The Balaban J connectivity index is 1.94. The summed E-state index contributed by atoms with van der Waals surface area (Å²) in [6.45, 7) is 1.56. The number of Topliss-reactive ketones (excluding diaryl/α,β-unsaturated/α-hetero) is 1. The van der Waals surface area contributed by atoms with Crippen LogP contribution in [0, 0.1) is 0 Å². The van der Waals surface area contributed by atoms with Crippen LogP contribution in [0.25, 0.3) is 0 Å². The highest BCUT2D eigenvalue weighted by Crippen LogP contribution is 2.31. The number of ketones is 1. The summed E-state index contributed by atoms with van der Waals surface area (Å²) in [4.78, 5) is 24.4. The SMILES string of the molecule is COc1cccc(CCC(=O)OC(C)C(=O)c2ccc(Cl)cc2)c1OC. The second-order valence-corrected chi connectivity index (χ2v) is 6.09. The molecule has 0 amide bonds. The predicted octanol–water partition coefficient (Wildman–Crippen LogP) is 4.10. The van der Waals surface area contributed by atoms with E-state index in [1.54, 1.807) is 51.5 Å².